The lowest BCUT2D eigenvalue weighted by atomic mass is 9.96. The van der Waals surface area contributed by atoms with Crippen molar-refractivity contribution in [2.24, 2.45) is 11.8 Å². The first-order valence-electron chi connectivity index (χ1n) is 7.08. The Morgan fingerprint density at radius 2 is 2.00 bits per heavy atom. The zero-order chi connectivity index (χ0) is 15.9. The minimum absolute atomic E-state index is 0.0503. The van der Waals surface area contributed by atoms with E-state index >= 15 is 0 Å². The van der Waals surface area contributed by atoms with Gasteiger partial charge >= 0.3 is 5.97 Å². The number of nitrogens with one attached hydrogen (secondary N) is 1. The van der Waals surface area contributed by atoms with Crippen molar-refractivity contribution >= 4 is 16.0 Å². The highest BCUT2D eigenvalue weighted by atomic mass is 32.2. The molecule has 118 valence electrons. The van der Waals surface area contributed by atoms with Crippen molar-refractivity contribution < 1.29 is 18.3 Å². The Morgan fingerprint density at radius 1 is 1.38 bits per heavy atom. The maximum atomic E-state index is 12.8. The summed E-state index contributed by atoms with van der Waals surface area (Å²) in [5, 5.41) is 9.11. The van der Waals surface area contributed by atoms with Crippen LogP contribution in [0, 0.1) is 25.7 Å². The van der Waals surface area contributed by atoms with Crippen molar-refractivity contribution in [1.29, 1.82) is 0 Å². The summed E-state index contributed by atoms with van der Waals surface area (Å²) in [6.45, 7) is 8.33. The molecule has 1 aliphatic heterocycles. The number of aromatic amines is 1. The highest BCUT2D eigenvalue weighted by Crippen LogP contribution is 2.32. The van der Waals surface area contributed by atoms with Crippen molar-refractivity contribution in [3.05, 3.63) is 17.0 Å². The molecule has 2 N–H and O–H groups in total. The van der Waals surface area contributed by atoms with Gasteiger partial charge in [-0.25, -0.2) is 13.2 Å². The van der Waals surface area contributed by atoms with Gasteiger partial charge in [-0.2, -0.15) is 4.31 Å². The summed E-state index contributed by atoms with van der Waals surface area (Å²) < 4.78 is 27.1. The Morgan fingerprint density at radius 3 is 2.43 bits per heavy atom. The fraction of sp³-hybridized carbons (Fsp3) is 0.643. The van der Waals surface area contributed by atoms with Crippen LogP contribution in [0.3, 0.4) is 0 Å². The molecule has 0 amide bonds. The first kappa shape index (κ1) is 16.0. The van der Waals surface area contributed by atoms with Gasteiger partial charge in [-0.05, 0) is 32.1 Å². The summed E-state index contributed by atoms with van der Waals surface area (Å²) in [5.41, 5.74) is 0.622. The Hall–Kier alpha value is -1.34. The highest BCUT2D eigenvalue weighted by molar-refractivity contribution is 7.89. The van der Waals surface area contributed by atoms with Crippen LogP contribution in [-0.2, 0) is 10.0 Å². The van der Waals surface area contributed by atoms with Crippen molar-refractivity contribution in [2.45, 2.75) is 39.0 Å². The molecule has 1 unspecified atom stereocenters. The second-order valence-electron chi connectivity index (χ2n) is 6.04. The van der Waals surface area contributed by atoms with Gasteiger partial charge in [-0.3, -0.25) is 0 Å². The van der Waals surface area contributed by atoms with Crippen LogP contribution in [-0.4, -0.2) is 41.9 Å². The van der Waals surface area contributed by atoms with E-state index in [4.69, 9.17) is 5.11 Å². The number of carboxylic acids is 1. The van der Waals surface area contributed by atoms with Gasteiger partial charge < -0.3 is 10.1 Å². The lowest BCUT2D eigenvalue weighted by Crippen LogP contribution is -2.30. The number of carbonyl (C=O) groups is 1. The lowest BCUT2D eigenvalue weighted by molar-refractivity contribution is 0.0690. The standard InChI is InChI=1S/C14H22N2O4S/c1-8(2)11-5-6-16(7-11)21(19,20)13-9(3)12(14(17)18)15-10(13)4/h8,11,15H,5-7H2,1-4H3,(H,17,18). The molecule has 1 saturated heterocycles. The third-order valence-corrected chi connectivity index (χ3v) is 6.45. The molecule has 0 radical (unpaired) electrons. The van der Waals surface area contributed by atoms with Gasteiger partial charge in [0.1, 0.15) is 10.6 Å². The molecule has 0 spiro atoms. The normalized spacial score (nSPS) is 20.3. The molecule has 1 aromatic heterocycles. The largest absolute Gasteiger partial charge is 0.477 e. The molecule has 6 nitrogen and oxygen atoms in total. The SMILES string of the molecule is Cc1[nH]c(C(=O)O)c(C)c1S(=O)(=O)N1CCC(C(C)C)C1. The third-order valence-electron chi connectivity index (χ3n) is 4.31. The van der Waals surface area contributed by atoms with Crippen LogP contribution in [0.25, 0.3) is 0 Å². The average Bonchev–Trinajstić information content (AvgIpc) is 2.94. The number of rotatable bonds is 4. The minimum Gasteiger partial charge on any atom is -0.477 e. The van der Waals surface area contributed by atoms with Crippen molar-refractivity contribution in [3.8, 4) is 0 Å². The second kappa shape index (κ2) is 5.46. The van der Waals surface area contributed by atoms with Crippen LogP contribution in [0.5, 0.6) is 0 Å². The van der Waals surface area contributed by atoms with E-state index in [1.165, 1.54) is 11.2 Å². The van der Waals surface area contributed by atoms with Crippen molar-refractivity contribution in [2.75, 3.05) is 13.1 Å². The first-order chi connectivity index (χ1) is 9.66. The Labute approximate surface area is 125 Å². The number of aromatic carboxylic acids is 1. The van der Waals surface area contributed by atoms with E-state index in [2.05, 4.69) is 18.8 Å². The zero-order valence-electron chi connectivity index (χ0n) is 12.8. The molecule has 1 aliphatic rings. The summed E-state index contributed by atoms with van der Waals surface area (Å²) in [4.78, 5) is 13.9. The topological polar surface area (TPSA) is 90.5 Å². The summed E-state index contributed by atoms with van der Waals surface area (Å²) in [5.74, 6) is -0.343. The lowest BCUT2D eigenvalue weighted by Gasteiger charge is -2.18. The Bertz CT molecular complexity index is 661. The molecule has 2 heterocycles. The van der Waals surface area contributed by atoms with Crippen LogP contribution in [0.1, 0.15) is 42.0 Å². The van der Waals surface area contributed by atoms with Gasteiger partial charge in [0.05, 0.1) is 0 Å². The van der Waals surface area contributed by atoms with Crippen LogP contribution in [0.15, 0.2) is 4.90 Å². The fourth-order valence-corrected chi connectivity index (χ4v) is 4.90. The minimum atomic E-state index is -3.64. The molecule has 1 aromatic rings. The molecule has 0 aromatic carbocycles. The summed E-state index contributed by atoms with van der Waals surface area (Å²) in [6, 6.07) is 0. The van der Waals surface area contributed by atoms with Crippen LogP contribution >= 0.6 is 0 Å². The van der Waals surface area contributed by atoms with E-state index in [-0.39, 0.29) is 16.2 Å². The van der Waals surface area contributed by atoms with E-state index in [9.17, 15) is 13.2 Å². The summed E-state index contributed by atoms with van der Waals surface area (Å²) in [6.07, 6.45) is 0.852. The summed E-state index contributed by atoms with van der Waals surface area (Å²) >= 11 is 0. The smallest absolute Gasteiger partial charge is 0.352 e. The van der Waals surface area contributed by atoms with E-state index in [1.807, 2.05) is 0 Å². The number of H-pyrrole nitrogens is 1. The van der Waals surface area contributed by atoms with E-state index in [1.54, 1.807) is 6.92 Å². The van der Waals surface area contributed by atoms with Gasteiger partial charge in [0, 0.05) is 24.3 Å². The molecule has 1 fully saturated rings. The fourth-order valence-electron chi connectivity index (χ4n) is 2.98. The van der Waals surface area contributed by atoms with Crippen LogP contribution in [0.4, 0.5) is 0 Å². The maximum absolute atomic E-state index is 12.8. The second-order valence-corrected chi connectivity index (χ2v) is 7.91. The summed E-state index contributed by atoms with van der Waals surface area (Å²) in [7, 11) is -3.64. The average molecular weight is 314 g/mol. The van der Waals surface area contributed by atoms with Gasteiger partial charge in [0.2, 0.25) is 10.0 Å². The van der Waals surface area contributed by atoms with E-state index in [0.29, 0.717) is 30.6 Å². The first-order valence-corrected chi connectivity index (χ1v) is 8.52. The number of nitrogens with zero attached hydrogens (tertiary/aromatic N) is 1. The number of carboxylic acid groups (broad SMARTS) is 1. The molecule has 2 rings (SSSR count). The number of sulfonamides is 1. The number of aromatic nitrogens is 1. The van der Waals surface area contributed by atoms with Gasteiger partial charge in [-0.15, -0.1) is 0 Å². The molecule has 21 heavy (non-hydrogen) atoms. The van der Waals surface area contributed by atoms with Crippen LogP contribution in [0.2, 0.25) is 0 Å². The predicted molar refractivity (Wildman–Crippen MR) is 78.9 cm³/mol. The molecule has 1 atom stereocenters. The van der Waals surface area contributed by atoms with Gasteiger partial charge in [0.15, 0.2) is 0 Å². The van der Waals surface area contributed by atoms with Crippen molar-refractivity contribution in [1.82, 2.24) is 9.29 Å². The van der Waals surface area contributed by atoms with E-state index in [0.717, 1.165) is 6.42 Å². The number of hydrogen-bond acceptors (Lipinski definition) is 3. The predicted octanol–water partition coefficient (Wildman–Crippen LogP) is 2.00. The molecule has 0 bridgehead atoms. The molecular weight excluding hydrogens is 292 g/mol. The zero-order valence-corrected chi connectivity index (χ0v) is 13.6. The van der Waals surface area contributed by atoms with Crippen molar-refractivity contribution in [3.63, 3.8) is 0 Å². The maximum Gasteiger partial charge on any atom is 0.352 e. The molecule has 0 aliphatic carbocycles. The van der Waals surface area contributed by atoms with Crippen LogP contribution < -0.4 is 0 Å². The molecule has 0 saturated carbocycles. The molecule has 7 heteroatoms. The monoisotopic (exact) mass is 314 g/mol. The number of aryl methyl sites for hydroxylation is 1. The van der Waals surface area contributed by atoms with Gasteiger partial charge in [0.25, 0.3) is 0 Å². The quantitative estimate of drug-likeness (QED) is 0.889. The van der Waals surface area contributed by atoms with Gasteiger partial charge in [-0.1, -0.05) is 13.8 Å². The molecular formula is C14H22N2O4S. The van der Waals surface area contributed by atoms with E-state index < -0.39 is 16.0 Å². The third kappa shape index (κ3) is 2.72. The highest BCUT2D eigenvalue weighted by Gasteiger charge is 2.37. The Balaban J connectivity index is 2.40. The number of hydrogen-bond donors (Lipinski definition) is 2. The Kier molecular flexibility index (Phi) is 4.17.